The number of nitrogens with two attached hydrogens (primary N) is 1. The van der Waals surface area contributed by atoms with Gasteiger partial charge in [0, 0.05) is 0 Å². The third-order valence-electron chi connectivity index (χ3n) is 6.02. The number of imidazole rings is 1. The number of rotatable bonds is 10. The lowest BCUT2D eigenvalue weighted by Gasteiger charge is -2.41. The second-order valence-electron chi connectivity index (χ2n) is 8.74. The van der Waals surface area contributed by atoms with E-state index >= 15 is 0 Å². The van der Waals surface area contributed by atoms with Crippen molar-refractivity contribution >= 4 is 43.3 Å². The van der Waals surface area contributed by atoms with E-state index in [0.29, 0.717) is 0 Å². The van der Waals surface area contributed by atoms with Gasteiger partial charge in [0.15, 0.2) is 24.0 Å². The predicted octanol–water partition coefficient (Wildman–Crippen LogP) is -4.44. The molecule has 0 saturated carbocycles. The number of hydrogen-bond acceptors (Lipinski definition) is 18. The molecule has 0 aromatic carbocycles. The van der Waals surface area contributed by atoms with Gasteiger partial charge < -0.3 is 65.3 Å². The molecule has 2 saturated heterocycles. The number of aromatic nitrogens is 4. The normalized spacial score (nSPS) is 36.8. The van der Waals surface area contributed by atoms with Crippen molar-refractivity contribution in [3.63, 3.8) is 0 Å². The molecule has 4 rings (SSSR count). The highest BCUT2D eigenvalue weighted by Gasteiger charge is 2.50. The van der Waals surface area contributed by atoms with E-state index in [1.165, 1.54) is 10.9 Å². The summed E-state index contributed by atoms with van der Waals surface area (Å²) >= 11 is 4.70. The second kappa shape index (κ2) is 12.1. The van der Waals surface area contributed by atoms with Crippen LogP contribution >= 0.6 is 14.5 Å². The van der Waals surface area contributed by atoms with Gasteiger partial charge in [0.2, 0.25) is 0 Å². The number of anilines is 1. The average molecular weight is 635 g/mol. The monoisotopic (exact) mass is 635 g/mol. The van der Waals surface area contributed by atoms with E-state index < -0.39 is 89.1 Å². The van der Waals surface area contributed by atoms with E-state index in [-0.39, 0.29) is 17.0 Å². The molecule has 4 heterocycles. The SMILES string of the molecule is Nc1ncnc2c1ncn2[C@@H]1O[C@H](COP(O)(=S)OP(=O)(O)O[C@@H]2OC([C@H](O)CO)[C@@H](O)C(O)C2O)C(O)C1O. The highest BCUT2D eigenvalue weighted by Crippen LogP contribution is 2.61. The van der Waals surface area contributed by atoms with Gasteiger partial charge in [-0.05, 0) is 11.8 Å². The Morgan fingerprint density at radius 2 is 1.75 bits per heavy atom. The molecule has 226 valence electrons. The minimum atomic E-state index is -5.45. The predicted molar refractivity (Wildman–Crippen MR) is 130 cm³/mol. The molecule has 40 heavy (non-hydrogen) atoms. The Morgan fingerprint density at radius 1 is 1.05 bits per heavy atom. The van der Waals surface area contributed by atoms with Gasteiger partial charge in [0.05, 0.1) is 19.5 Å². The molecular weight excluding hydrogens is 608 g/mol. The lowest BCUT2D eigenvalue weighted by atomic mass is 9.96. The molecule has 2 aromatic heterocycles. The van der Waals surface area contributed by atoms with E-state index in [2.05, 4.69) is 23.8 Å². The quantitative estimate of drug-likeness (QED) is 0.110. The Hall–Kier alpha value is -1.33. The molecule has 23 heteroatoms. The molecule has 0 aliphatic carbocycles. The Balaban J connectivity index is 1.38. The molecule has 0 amide bonds. The summed E-state index contributed by atoms with van der Waals surface area (Å²) < 4.78 is 38.4. The van der Waals surface area contributed by atoms with Crippen LogP contribution in [0.5, 0.6) is 0 Å². The first-order valence-electron chi connectivity index (χ1n) is 11.3. The van der Waals surface area contributed by atoms with Crippen LogP contribution in [0.4, 0.5) is 5.82 Å². The largest absolute Gasteiger partial charge is 0.481 e. The van der Waals surface area contributed by atoms with Crippen LogP contribution in [0.15, 0.2) is 12.7 Å². The number of phosphoric ester groups is 1. The van der Waals surface area contributed by atoms with E-state index in [4.69, 9.17) is 36.6 Å². The molecular formula is C17H27N5O15P2S. The summed E-state index contributed by atoms with van der Waals surface area (Å²) in [7, 11) is -5.45. The number of fused-ring (bicyclic) bond motifs is 1. The summed E-state index contributed by atoms with van der Waals surface area (Å²) in [6, 6.07) is 0. The number of phosphoric acid groups is 1. The van der Waals surface area contributed by atoms with Crippen LogP contribution in [0.3, 0.4) is 0 Å². The van der Waals surface area contributed by atoms with E-state index in [1.54, 1.807) is 0 Å². The lowest BCUT2D eigenvalue weighted by molar-refractivity contribution is -0.292. The summed E-state index contributed by atoms with van der Waals surface area (Å²) in [5.74, 6) is 0.0577. The van der Waals surface area contributed by atoms with Crippen molar-refractivity contribution in [2.24, 2.45) is 0 Å². The fourth-order valence-electron chi connectivity index (χ4n) is 4.01. The van der Waals surface area contributed by atoms with Crippen molar-refractivity contribution in [1.29, 1.82) is 0 Å². The number of hydrogen-bond donors (Lipinski definition) is 10. The summed E-state index contributed by atoms with van der Waals surface area (Å²) in [6.45, 7) is -6.37. The first kappa shape index (κ1) is 31.6. The van der Waals surface area contributed by atoms with Crippen LogP contribution in [0.25, 0.3) is 11.2 Å². The number of ether oxygens (including phenoxy) is 2. The maximum atomic E-state index is 12.5. The molecule has 11 N–H and O–H groups in total. The highest BCUT2D eigenvalue weighted by molar-refractivity contribution is 8.08. The van der Waals surface area contributed by atoms with Gasteiger partial charge in [-0.3, -0.25) is 9.09 Å². The Labute approximate surface area is 229 Å². The van der Waals surface area contributed by atoms with E-state index in [0.717, 1.165) is 6.33 Å². The molecule has 7 unspecified atom stereocenters. The molecule has 2 aliphatic rings. The standard InChI is InChI=1S/C17H27N5O15P2S/c18-14-7-15(20-3-19-14)22(4-21-7)16-11(28)8(25)6(34-16)2-33-39(32,40)37-38(30,31)36-17-12(29)9(26)10(27)13(35-17)5(24)1-23/h3-6,8-13,16-17,23-29H,1-2H2,(H,30,31)(H,32,40)(H2,18,19,20)/t5-,6-,8?,9?,10+,11?,12?,13?,16-,17+,39?/m1/s1. The number of nitrogens with zero attached hydrogens (tertiary/aromatic N) is 4. The molecule has 2 fully saturated rings. The van der Waals surface area contributed by atoms with Gasteiger partial charge in [-0.15, -0.1) is 0 Å². The lowest BCUT2D eigenvalue weighted by Crippen LogP contribution is -2.61. The topological polar surface area (TPSA) is 315 Å². The van der Waals surface area contributed by atoms with Crippen LogP contribution in [-0.2, 0) is 39.2 Å². The van der Waals surface area contributed by atoms with Gasteiger partial charge in [-0.2, -0.15) is 0 Å². The molecule has 12 atom stereocenters. The first-order chi connectivity index (χ1) is 18.7. The third kappa shape index (κ3) is 6.51. The zero-order chi connectivity index (χ0) is 29.6. The maximum Gasteiger partial charge on any atom is 0.481 e. The third-order valence-corrected chi connectivity index (χ3v) is 9.53. The summed E-state index contributed by atoms with van der Waals surface area (Å²) in [5.41, 5.74) is 6.12. The van der Waals surface area contributed by atoms with Crippen molar-refractivity contribution in [1.82, 2.24) is 19.5 Å². The fraction of sp³-hybridized carbons (Fsp3) is 0.706. The molecule has 0 bridgehead atoms. The summed E-state index contributed by atoms with van der Waals surface area (Å²) in [4.78, 5) is 32.2. The van der Waals surface area contributed by atoms with Gasteiger partial charge in [-0.25, -0.2) is 23.8 Å². The van der Waals surface area contributed by atoms with Crippen molar-refractivity contribution in [3.8, 4) is 0 Å². The summed E-state index contributed by atoms with van der Waals surface area (Å²) in [6.07, 6.45) is -15.2. The van der Waals surface area contributed by atoms with Crippen LogP contribution in [-0.4, -0.2) is 133 Å². The average Bonchev–Trinajstić information content (AvgIpc) is 3.43. The van der Waals surface area contributed by atoms with Gasteiger partial charge in [0.25, 0.3) is 0 Å². The van der Waals surface area contributed by atoms with Crippen LogP contribution in [0.1, 0.15) is 6.23 Å². The van der Waals surface area contributed by atoms with E-state index in [9.17, 15) is 45.0 Å². The molecule has 20 nitrogen and oxygen atoms in total. The van der Waals surface area contributed by atoms with Gasteiger partial charge in [0.1, 0.15) is 60.7 Å². The Morgan fingerprint density at radius 3 is 2.42 bits per heavy atom. The zero-order valence-corrected chi connectivity index (χ0v) is 22.6. The van der Waals surface area contributed by atoms with Gasteiger partial charge >= 0.3 is 14.5 Å². The molecule has 2 aliphatic heterocycles. The summed E-state index contributed by atoms with van der Waals surface area (Å²) in [5, 5.41) is 69.6. The minimum Gasteiger partial charge on any atom is -0.394 e. The van der Waals surface area contributed by atoms with Crippen molar-refractivity contribution in [3.05, 3.63) is 12.7 Å². The second-order valence-corrected chi connectivity index (χ2v) is 13.1. The van der Waals surface area contributed by atoms with Crippen molar-refractivity contribution < 1.29 is 72.9 Å². The fourth-order valence-corrected chi connectivity index (χ4v) is 7.11. The first-order valence-corrected chi connectivity index (χ1v) is 15.4. The van der Waals surface area contributed by atoms with Crippen LogP contribution in [0, 0.1) is 0 Å². The van der Waals surface area contributed by atoms with Crippen molar-refractivity contribution in [2.75, 3.05) is 18.9 Å². The van der Waals surface area contributed by atoms with Crippen LogP contribution < -0.4 is 5.73 Å². The zero-order valence-electron chi connectivity index (χ0n) is 20.0. The molecule has 2 aromatic rings. The Bertz CT molecular complexity index is 1290. The van der Waals surface area contributed by atoms with Gasteiger partial charge in [-0.1, -0.05) is 0 Å². The van der Waals surface area contributed by atoms with Crippen molar-refractivity contribution in [2.45, 2.75) is 61.3 Å². The highest BCUT2D eigenvalue weighted by atomic mass is 32.5. The van der Waals surface area contributed by atoms with E-state index in [1.807, 2.05) is 0 Å². The Kier molecular flexibility index (Phi) is 9.57. The molecule has 0 spiro atoms. The number of aliphatic hydroxyl groups excluding tert-OH is 7. The number of aliphatic hydroxyl groups is 7. The maximum absolute atomic E-state index is 12.5. The van der Waals surface area contributed by atoms with Crippen LogP contribution in [0.2, 0.25) is 0 Å². The number of nitrogen functional groups attached to an aromatic ring is 1. The smallest absolute Gasteiger partial charge is 0.394 e. The molecule has 0 radical (unpaired) electrons. The minimum absolute atomic E-state index is 0.0577.